The zero-order chi connectivity index (χ0) is 21.8. The number of anilines is 1. The van der Waals surface area contributed by atoms with Crippen LogP contribution in [0.1, 0.15) is 35.5 Å². The number of halogens is 3. The monoisotopic (exact) mass is 484 g/mol. The lowest BCUT2D eigenvalue weighted by atomic mass is 9.82. The van der Waals surface area contributed by atoms with Gasteiger partial charge < -0.3 is 10.2 Å². The lowest BCUT2D eigenvalue weighted by Crippen LogP contribution is -2.48. The molecule has 2 heterocycles. The Kier molecular flexibility index (Phi) is 7.69. The second-order valence-corrected chi connectivity index (χ2v) is 9.98. The molecule has 0 spiro atoms. The van der Waals surface area contributed by atoms with E-state index in [9.17, 15) is 9.18 Å². The Labute approximate surface area is 196 Å². The van der Waals surface area contributed by atoms with Gasteiger partial charge in [0.05, 0.1) is 21.8 Å². The standard InChI is InChI=1S/C22H27Cl2FN4OS/c23-16-2-1-3-19(20(16)24)29-11-9-28(10-12-29)8-6-15-4-5-18(17(25)14-15)27-21(30)22-26-7-13-31-22/h1-3,7,13,15,17-18H,4-6,8-12,14H2,(H,27,30). The first kappa shape index (κ1) is 22.8. The predicted molar refractivity (Wildman–Crippen MR) is 125 cm³/mol. The highest BCUT2D eigenvalue weighted by Gasteiger charge is 2.32. The second-order valence-electron chi connectivity index (χ2n) is 8.30. The van der Waals surface area contributed by atoms with E-state index in [2.05, 4.69) is 20.1 Å². The van der Waals surface area contributed by atoms with Crippen LogP contribution in [0.15, 0.2) is 29.8 Å². The Bertz CT molecular complexity index is 876. The number of aromatic nitrogens is 1. The van der Waals surface area contributed by atoms with Gasteiger partial charge in [-0.25, -0.2) is 9.37 Å². The molecule has 2 aliphatic rings. The van der Waals surface area contributed by atoms with E-state index in [1.807, 2.05) is 12.1 Å². The Morgan fingerprint density at radius 1 is 1.23 bits per heavy atom. The van der Waals surface area contributed by atoms with Gasteiger partial charge in [-0.15, -0.1) is 11.3 Å². The highest BCUT2D eigenvalue weighted by Crippen LogP contribution is 2.33. The molecule has 168 valence electrons. The number of hydrogen-bond acceptors (Lipinski definition) is 5. The lowest BCUT2D eigenvalue weighted by Gasteiger charge is -2.38. The molecule has 4 rings (SSSR count). The highest BCUT2D eigenvalue weighted by molar-refractivity contribution is 7.11. The summed E-state index contributed by atoms with van der Waals surface area (Å²) in [5.74, 6) is 0.0993. The number of nitrogens with zero attached hydrogens (tertiary/aromatic N) is 3. The van der Waals surface area contributed by atoms with Gasteiger partial charge in [0.1, 0.15) is 6.17 Å². The van der Waals surface area contributed by atoms with Crippen LogP contribution in [-0.2, 0) is 0 Å². The van der Waals surface area contributed by atoms with E-state index in [-0.39, 0.29) is 5.91 Å². The molecule has 1 aromatic carbocycles. The van der Waals surface area contributed by atoms with E-state index < -0.39 is 12.2 Å². The van der Waals surface area contributed by atoms with Crippen LogP contribution in [0.25, 0.3) is 0 Å². The van der Waals surface area contributed by atoms with Gasteiger partial charge >= 0.3 is 0 Å². The van der Waals surface area contributed by atoms with Crippen molar-refractivity contribution in [1.82, 2.24) is 15.2 Å². The van der Waals surface area contributed by atoms with Gasteiger partial charge in [0.25, 0.3) is 5.91 Å². The van der Waals surface area contributed by atoms with Gasteiger partial charge in [-0.05, 0) is 50.3 Å². The molecule has 1 aromatic heterocycles. The number of benzene rings is 1. The van der Waals surface area contributed by atoms with Gasteiger partial charge in [-0.2, -0.15) is 0 Å². The van der Waals surface area contributed by atoms with Crippen molar-refractivity contribution in [2.24, 2.45) is 5.92 Å². The first-order valence-electron chi connectivity index (χ1n) is 10.8. The average molecular weight is 485 g/mol. The minimum atomic E-state index is -0.996. The second kappa shape index (κ2) is 10.5. The van der Waals surface area contributed by atoms with Crippen molar-refractivity contribution in [2.75, 3.05) is 37.6 Å². The number of carbonyl (C=O) groups excluding carboxylic acids is 1. The smallest absolute Gasteiger partial charge is 0.280 e. The molecular weight excluding hydrogens is 458 g/mol. The van der Waals surface area contributed by atoms with E-state index >= 15 is 0 Å². The molecule has 2 fully saturated rings. The van der Waals surface area contributed by atoms with E-state index in [1.165, 1.54) is 11.3 Å². The van der Waals surface area contributed by atoms with Crippen molar-refractivity contribution in [3.05, 3.63) is 44.8 Å². The maximum absolute atomic E-state index is 14.7. The maximum Gasteiger partial charge on any atom is 0.280 e. The Morgan fingerprint density at radius 2 is 2.03 bits per heavy atom. The molecule has 3 unspecified atom stereocenters. The number of nitrogens with one attached hydrogen (secondary N) is 1. The van der Waals surface area contributed by atoms with E-state index in [0.717, 1.165) is 51.3 Å². The van der Waals surface area contributed by atoms with Crippen LogP contribution in [0.2, 0.25) is 10.0 Å². The molecule has 1 N–H and O–H groups in total. The number of thiazole rings is 1. The summed E-state index contributed by atoms with van der Waals surface area (Å²) in [4.78, 5) is 20.9. The van der Waals surface area contributed by atoms with E-state index in [0.29, 0.717) is 33.8 Å². The summed E-state index contributed by atoms with van der Waals surface area (Å²) in [5, 5.41) is 6.17. The highest BCUT2D eigenvalue weighted by atomic mass is 35.5. The fourth-order valence-electron chi connectivity index (χ4n) is 4.50. The molecule has 31 heavy (non-hydrogen) atoms. The predicted octanol–water partition coefficient (Wildman–Crippen LogP) is 4.90. The third kappa shape index (κ3) is 5.69. The summed E-state index contributed by atoms with van der Waals surface area (Å²) >= 11 is 13.8. The number of piperazine rings is 1. The number of alkyl halides is 1. The van der Waals surface area contributed by atoms with E-state index in [4.69, 9.17) is 23.2 Å². The first-order valence-corrected chi connectivity index (χ1v) is 12.4. The summed E-state index contributed by atoms with van der Waals surface area (Å²) in [7, 11) is 0. The Balaban J connectivity index is 1.19. The van der Waals surface area contributed by atoms with Crippen LogP contribution >= 0.6 is 34.5 Å². The minimum absolute atomic E-state index is 0.265. The van der Waals surface area contributed by atoms with E-state index in [1.54, 1.807) is 17.6 Å². The van der Waals surface area contributed by atoms with Crippen LogP contribution in [0, 0.1) is 5.92 Å². The zero-order valence-electron chi connectivity index (χ0n) is 17.3. The minimum Gasteiger partial charge on any atom is -0.368 e. The number of amides is 1. The zero-order valence-corrected chi connectivity index (χ0v) is 19.6. The molecule has 0 bridgehead atoms. The van der Waals surface area contributed by atoms with Gasteiger partial charge in [-0.1, -0.05) is 29.3 Å². The largest absolute Gasteiger partial charge is 0.368 e. The van der Waals surface area contributed by atoms with Crippen molar-refractivity contribution in [3.63, 3.8) is 0 Å². The third-order valence-corrected chi connectivity index (χ3v) is 7.90. The SMILES string of the molecule is O=C(NC1CCC(CCN2CCN(c3cccc(Cl)c3Cl)CC2)CC1F)c1nccs1. The third-order valence-electron chi connectivity index (χ3n) is 6.32. The van der Waals surface area contributed by atoms with Crippen molar-refractivity contribution in [2.45, 2.75) is 37.9 Å². The fraction of sp³-hybridized carbons (Fsp3) is 0.545. The van der Waals surface area contributed by atoms with Crippen LogP contribution < -0.4 is 10.2 Å². The fourth-order valence-corrected chi connectivity index (χ4v) is 5.45. The summed E-state index contributed by atoms with van der Waals surface area (Å²) in [6.07, 6.45) is 3.73. The van der Waals surface area contributed by atoms with Crippen molar-refractivity contribution in [3.8, 4) is 0 Å². The van der Waals surface area contributed by atoms with Crippen LogP contribution in [-0.4, -0.2) is 60.7 Å². The number of hydrogen-bond donors (Lipinski definition) is 1. The van der Waals surface area contributed by atoms with Crippen molar-refractivity contribution in [1.29, 1.82) is 0 Å². The van der Waals surface area contributed by atoms with Gasteiger partial charge in [0, 0.05) is 37.8 Å². The maximum atomic E-state index is 14.7. The summed E-state index contributed by atoms with van der Waals surface area (Å²) in [5.41, 5.74) is 0.993. The molecular formula is C22H27Cl2FN4OS. The van der Waals surface area contributed by atoms with Crippen LogP contribution in [0.4, 0.5) is 10.1 Å². The molecule has 1 saturated heterocycles. The van der Waals surface area contributed by atoms with Crippen molar-refractivity contribution >= 4 is 46.1 Å². The molecule has 1 saturated carbocycles. The summed E-state index contributed by atoms with van der Waals surface area (Å²) < 4.78 is 14.7. The Morgan fingerprint density at radius 3 is 2.74 bits per heavy atom. The summed E-state index contributed by atoms with van der Waals surface area (Å²) in [6.45, 7) is 4.70. The van der Waals surface area contributed by atoms with Crippen molar-refractivity contribution < 1.29 is 9.18 Å². The molecule has 0 radical (unpaired) electrons. The number of carbonyl (C=O) groups is 1. The molecule has 1 aliphatic heterocycles. The molecule has 2 aromatic rings. The molecule has 5 nitrogen and oxygen atoms in total. The van der Waals surface area contributed by atoms with Crippen LogP contribution in [0.3, 0.4) is 0 Å². The first-order chi connectivity index (χ1) is 15.0. The van der Waals surface area contributed by atoms with Gasteiger partial charge in [0.15, 0.2) is 5.01 Å². The Hall–Kier alpha value is -1.41. The molecule has 3 atom stereocenters. The lowest BCUT2D eigenvalue weighted by molar-refractivity contribution is 0.0840. The van der Waals surface area contributed by atoms with Gasteiger partial charge in [0.2, 0.25) is 0 Å². The topological polar surface area (TPSA) is 48.5 Å². The number of rotatable bonds is 6. The summed E-state index contributed by atoms with van der Waals surface area (Å²) in [6, 6.07) is 5.34. The van der Waals surface area contributed by atoms with Gasteiger partial charge in [-0.3, -0.25) is 9.69 Å². The molecule has 1 amide bonds. The normalized spacial score (nSPS) is 24.9. The quantitative estimate of drug-likeness (QED) is 0.633. The molecule has 1 aliphatic carbocycles. The average Bonchev–Trinajstić information content (AvgIpc) is 3.31. The van der Waals surface area contributed by atoms with Crippen LogP contribution in [0.5, 0.6) is 0 Å². The molecule has 9 heteroatoms.